The number of amides is 1. The highest BCUT2D eigenvalue weighted by Crippen LogP contribution is 2.50. The SMILES string of the molecule is CC1(C)C(=O)N(c2ccncn2)C2=CC=CC(Br)C21. The minimum atomic E-state index is -0.449. The lowest BCUT2D eigenvalue weighted by Crippen LogP contribution is -2.33. The second-order valence-electron chi connectivity index (χ2n) is 5.33. The first kappa shape index (κ1) is 12.5. The largest absolute Gasteiger partial charge is 0.273 e. The standard InChI is InChI=1S/C14H14BrN3O/c1-14(2)12-9(15)4-3-5-10(12)18(13(14)19)11-6-7-16-8-17-11/h3-9,12H,1-2H3. The van der Waals surface area contributed by atoms with Gasteiger partial charge in [-0.2, -0.15) is 0 Å². The molecule has 1 aliphatic carbocycles. The number of carbonyl (C=O) groups is 1. The van der Waals surface area contributed by atoms with Crippen molar-refractivity contribution in [1.29, 1.82) is 0 Å². The third kappa shape index (κ3) is 1.75. The number of hydrogen-bond acceptors (Lipinski definition) is 3. The van der Waals surface area contributed by atoms with Gasteiger partial charge in [0.25, 0.3) is 0 Å². The number of alkyl halides is 1. The summed E-state index contributed by atoms with van der Waals surface area (Å²) < 4.78 is 0. The number of allylic oxidation sites excluding steroid dienone is 4. The highest BCUT2D eigenvalue weighted by Gasteiger charge is 2.53. The van der Waals surface area contributed by atoms with Gasteiger partial charge in [0, 0.05) is 22.6 Å². The van der Waals surface area contributed by atoms with E-state index in [-0.39, 0.29) is 16.7 Å². The lowest BCUT2D eigenvalue weighted by molar-refractivity contribution is -0.125. The van der Waals surface area contributed by atoms with Gasteiger partial charge in [0.05, 0.1) is 5.41 Å². The number of rotatable bonds is 1. The Labute approximate surface area is 120 Å². The molecule has 0 radical (unpaired) electrons. The summed E-state index contributed by atoms with van der Waals surface area (Å²) >= 11 is 3.66. The number of hydrogen-bond donors (Lipinski definition) is 0. The molecule has 0 saturated carbocycles. The van der Waals surface area contributed by atoms with E-state index in [1.165, 1.54) is 6.33 Å². The molecule has 0 N–H and O–H groups in total. The van der Waals surface area contributed by atoms with Crippen molar-refractivity contribution >= 4 is 27.7 Å². The predicted molar refractivity (Wildman–Crippen MR) is 76.7 cm³/mol. The first-order chi connectivity index (χ1) is 9.03. The van der Waals surface area contributed by atoms with E-state index < -0.39 is 5.41 Å². The molecule has 0 spiro atoms. The number of halogens is 1. The van der Waals surface area contributed by atoms with E-state index in [0.717, 1.165) is 5.70 Å². The van der Waals surface area contributed by atoms with Gasteiger partial charge in [0.15, 0.2) is 0 Å². The summed E-state index contributed by atoms with van der Waals surface area (Å²) in [4.78, 5) is 22.7. The molecule has 0 bridgehead atoms. The zero-order valence-electron chi connectivity index (χ0n) is 10.7. The first-order valence-electron chi connectivity index (χ1n) is 6.16. The topological polar surface area (TPSA) is 46.1 Å². The maximum Gasteiger partial charge on any atom is 0.238 e. The Morgan fingerprint density at radius 3 is 2.89 bits per heavy atom. The Morgan fingerprint density at radius 2 is 2.21 bits per heavy atom. The summed E-state index contributed by atoms with van der Waals surface area (Å²) in [6.07, 6.45) is 9.17. The molecular weight excluding hydrogens is 306 g/mol. The molecule has 0 aromatic carbocycles. The van der Waals surface area contributed by atoms with Crippen LogP contribution in [-0.4, -0.2) is 20.7 Å². The quantitative estimate of drug-likeness (QED) is 0.748. The number of anilines is 1. The smallest absolute Gasteiger partial charge is 0.238 e. The molecule has 1 fully saturated rings. The highest BCUT2D eigenvalue weighted by molar-refractivity contribution is 9.09. The van der Waals surface area contributed by atoms with Crippen LogP contribution in [0.5, 0.6) is 0 Å². The Morgan fingerprint density at radius 1 is 1.42 bits per heavy atom. The molecule has 4 nitrogen and oxygen atoms in total. The van der Waals surface area contributed by atoms with Gasteiger partial charge in [0.2, 0.25) is 5.91 Å². The summed E-state index contributed by atoms with van der Waals surface area (Å²) in [5.74, 6) is 0.840. The maximum atomic E-state index is 12.7. The molecule has 2 heterocycles. The van der Waals surface area contributed by atoms with Crippen molar-refractivity contribution in [3.8, 4) is 0 Å². The summed E-state index contributed by atoms with van der Waals surface area (Å²) in [5.41, 5.74) is 0.550. The van der Waals surface area contributed by atoms with Gasteiger partial charge in [-0.1, -0.05) is 41.9 Å². The average Bonchev–Trinajstić information content (AvgIpc) is 2.60. The van der Waals surface area contributed by atoms with Crippen LogP contribution in [0.2, 0.25) is 0 Å². The normalized spacial score (nSPS) is 28.3. The van der Waals surface area contributed by atoms with Crippen LogP contribution in [0.4, 0.5) is 5.82 Å². The van der Waals surface area contributed by atoms with Crippen LogP contribution in [0.3, 0.4) is 0 Å². The number of aromatic nitrogens is 2. The predicted octanol–water partition coefficient (Wildman–Crippen LogP) is 2.68. The minimum Gasteiger partial charge on any atom is -0.273 e. The summed E-state index contributed by atoms with van der Waals surface area (Å²) in [7, 11) is 0. The molecule has 1 amide bonds. The third-order valence-electron chi connectivity index (χ3n) is 3.78. The van der Waals surface area contributed by atoms with Gasteiger partial charge in [-0.15, -0.1) is 0 Å². The Bertz CT molecular complexity index is 580. The fourth-order valence-corrected chi connectivity index (χ4v) is 3.92. The van der Waals surface area contributed by atoms with Gasteiger partial charge in [-0.05, 0) is 12.1 Å². The molecule has 2 atom stereocenters. The van der Waals surface area contributed by atoms with Gasteiger partial charge in [-0.25, -0.2) is 9.97 Å². The fourth-order valence-electron chi connectivity index (χ4n) is 2.81. The second kappa shape index (κ2) is 4.27. The average molecular weight is 320 g/mol. The van der Waals surface area contributed by atoms with Crippen molar-refractivity contribution in [1.82, 2.24) is 9.97 Å². The van der Waals surface area contributed by atoms with Crippen LogP contribution in [0.1, 0.15) is 13.8 Å². The molecule has 3 rings (SSSR count). The van der Waals surface area contributed by atoms with Crippen LogP contribution in [-0.2, 0) is 4.79 Å². The molecule has 1 aliphatic heterocycles. The first-order valence-corrected chi connectivity index (χ1v) is 7.08. The van der Waals surface area contributed by atoms with Crippen LogP contribution in [0, 0.1) is 11.3 Å². The van der Waals surface area contributed by atoms with Crippen molar-refractivity contribution in [2.45, 2.75) is 18.7 Å². The molecule has 1 aromatic rings. The van der Waals surface area contributed by atoms with E-state index in [9.17, 15) is 4.79 Å². The Kier molecular flexibility index (Phi) is 2.82. The molecule has 1 saturated heterocycles. The monoisotopic (exact) mass is 319 g/mol. The number of nitrogens with zero attached hydrogens (tertiary/aromatic N) is 3. The van der Waals surface area contributed by atoms with E-state index in [0.29, 0.717) is 5.82 Å². The van der Waals surface area contributed by atoms with Crippen molar-refractivity contribution in [3.63, 3.8) is 0 Å². The van der Waals surface area contributed by atoms with Gasteiger partial charge < -0.3 is 0 Å². The van der Waals surface area contributed by atoms with E-state index >= 15 is 0 Å². The lowest BCUT2D eigenvalue weighted by Gasteiger charge is -2.28. The van der Waals surface area contributed by atoms with E-state index in [4.69, 9.17) is 0 Å². The van der Waals surface area contributed by atoms with Crippen LogP contribution >= 0.6 is 15.9 Å². The van der Waals surface area contributed by atoms with Gasteiger partial charge in [0.1, 0.15) is 12.1 Å². The highest BCUT2D eigenvalue weighted by atomic mass is 79.9. The maximum absolute atomic E-state index is 12.7. The molecule has 1 aromatic heterocycles. The lowest BCUT2D eigenvalue weighted by atomic mass is 9.77. The molecule has 2 aliphatic rings. The zero-order chi connectivity index (χ0) is 13.6. The van der Waals surface area contributed by atoms with Crippen LogP contribution < -0.4 is 4.90 Å². The van der Waals surface area contributed by atoms with E-state index in [2.05, 4.69) is 32.0 Å². The number of fused-ring (bicyclic) bond motifs is 1. The van der Waals surface area contributed by atoms with E-state index in [1.807, 2.05) is 26.0 Å². The van der Waals surface area contributed by atoms with Crippen LogP contribution in [0.25, 0.3) is 0 Å². The Hall–Kier alpha value is -1.49. The molecule has 98 valence electrons. The van der Waals surface area contributed by atoms with Crippen molar-refractivity contribution in [3.05, 3.63) is 42.5 Å². The Balaban J connectivity index is 2.13. The molecular formula is C14H14BrN3O. The van der Waals surface area contributed by atoms with E-state index in [1.54, 1.807) is 17.2 Å². The zero-order valence-corrected chi connectivity index (χ0v) is 12.3. The van der Waals surface area contributed by atoms with Crippen molar-refractivity contribution in [2.75, 3.05) is 4.90 Å². The summed E-state index contributed by atoms with van der Waals surface area (Å²) in [5, 5.41) is 0. The van der Waals surface area contributed by atoms with Crippen LogP contribution in [0.15, 0.2) is 42.5 Å². The third-order valence-corrected chi connectivity index (χ3v) is 4.62. The summed E-state index contributed by atoms with van der Waals surface area (Å²) in [6.45, 7) is 3.98. The van der Waals surface area contributed by atoms with Gasteiger partial charge >= 0.3 is 0 Å². The second-order valence-corrected chi connectivity index (χ2v) is 6.39. The van der Waals surface area contributed by atoms with Gasteiger partial charge in [-0.3, -0.25) is 9.69 Å². The summed E-state index contributed by atoms with van der Waals surface area (Å²) in [6, 6.07) is 1.76. The molecule has 2 unspecified atom stereocenters. The number of carbonyl (C=O) groups excluding carboxylic acids is 1. The minimum absolute atomic E-state index is 0.0793. The molecule has 19 heavy (non-hydrogen) atoms. The van der Waals surface area contributed by atoms with Crippen molar-refractivity contribution in [2.24, 2.45) is 11.3 Å². The molecule has 5 heteroatoms. The fraction of sp³-hybridized carbons (Fsp3) is 0.357. The van der Waals surface area contributed by atoms with Crippen molar-refractivity contribution < 1.29 is 4.79 Å².